The van der Waals surface area contributed by atoms with Crippen LogP contribution in [0.5, 0.6) is 0 Å². The van der Waals surface area contributed by atoms with Crippen LogP contribution in [0, 0.1) is 23.6 Å². The molecule has 5 N–H and O–H groups in total. The number of hydrogen-bond acceptors (Lipinski definition) is 7. The van der Waals surface area contributed by atoms with E-state index in [0.717, 1.165) is 12.6 Å². The van der Waals surface area contributed by atoms with Crippen LogP contribution in [0.3, 0.4) is 0 Å². The molecule has 2 heterocycles. The summed E-state index contributed by atoms with van der Waals surface area (Å²) >= 11 is 0. The molecule has 9 nitrogen and oxygen atoms in total. The van der Waals surface area contributed by atoms with Crippen LogP contribution >= 0.6 is 0 Å². The van der Waals surface area contributed by atoms with E-state index in [1.807, 2.05) is 6.08 Å². The van der Waals surface area contributed by atoms with E-state index in [4.69, 9.17) is 5.73 Å². The average Bonchev–Trinajstić information content (AvgIpc) is 3.31. The number of hydrogen-bond donors (Lipinski definition) is 4. The zero-order chi connectivity index (χ0) is 20.5. The summed E-state index contributed by atoms with van der Waals surface area (Å²) in [6.07, 6.45) is 6.00. The number of nitrogens with zero attached hydrogens (tertiary/aromatic N) is 3. The van der Waals surface area contributed by atoms with Crippen molar-refractivity contribution in [1.29, 1.82) is 0 Å². The highest BCUT2D eigenvalue weighted by atomic mass is 19.1. The zero-order valence-corrected chi connectivity index (χ0v) is 15.6. The van der Waals surface area contributed by atoms with Crippen molar-refractivity contribution < 1.29 is 14.0 Å². The first-order chi connectivity index (χ1) is 14.0. The van der Waals surface area contributed by atoms with E-state index >= 15 is 0 Å². The third-order valence-corrected chi connectivity index (χ3v) is 5.33. The van der Waals surface area contributed by atoms with Crippen LogP contribution in [0.4, 0.5) is 21.7 Å². The Balaban J connectivity index is 1.64. The lowest BCUT2D eigenvalue weighted by molar-refractivity contribution is -0.122. The summed E-state index contributed by atoms with van der Waals surface area (Å²) in [4.78, 5) is 28.2. The predicted octanol–water partition coefficient (Wildman–Crippen LogP) is 1.20. The van der Waals surface area contributed by atoms with Gasteiger partial charge in [-0.1, -0.05) is 12.2 Å². The lowest BCUT2D eigenvalue weighted by Crippen LogP contribution is -2.41. The maximum atomic E-state index is 13.1. The summed E-state index contributed by atoms with van der Waals surface area (Å²) in [7, 11) is 1.49. The third-order valence-electron chi connectivity index (χ3n) is 5.33. The number of rotatable bonds is 6. The first-order valence-electron chi connectivity index (χ1n) is 9.19. The van der Waals surface area contributed by atoms with E-state index in [9.17, 15) is 14.0 Å². The number of aromatic nitrogens is 3. The Hall–Kier alpha value is -3.56. The fourth-order valence-electron chi connectivity index (χ4n) is 4.02. The van der Waals surface area contributed by atoms with E-state index in [-0.39, 0.29) is 35.4 Å². The van der Waals surface area contributed by atoms with E-state index in [0.29, 0.717) is 17.3 Å². The van der Waals surface area contributed by atoms with Crippen LogP contribution in [0.2, 0.25) is 0 Å². The highest BCUT2D eigenvalue weighted by molar-refractivity contribution is 5.98. The Labute approximate surface area is 166 Å². The maximum absolute atomic E-state index is 13.1. The summed E-state index contributed by atoms with van der Waals surface area (Å²) in [5.74, 6) is -0.706. The second-order valence-electron chi connectivity index (χ2n) is 7.10. The summed E-state index contributed by atoms with van der Waals surface area (Å²) in [6.45, 7) is 0. The third kappa shape index (κ3) is 3.60. The van der Waals surface area contributed by atoms with Crippen molar-refractivity contribution in [3.05, 3.63) is 48.1 Å². The van der Waals surface area contributed by atoms with Gasteiger partial charge in [0, 0.05) is 19.2 Å². The zero-order valence-electron chi connectivity index (χ0n) is 15.6. The molecule has 4 unspecified atom stereocenters. The Morgan fingerprint density at radius 2 is 1.97 bits per heavy atom. The van der Waals surface area contributed by atoms with Crippen LogP contribution in [0.1, 0.15) is 16.9 Å². The second kappa shape index (κ2) is 7.46. The first kappa shape index (κ1) is 18.8. The van der Waals surface area contributed by atoms with Crippen molar-refractivity contribution >= 4 is 29.1 Å². The minimum absolute atomic E-state index is 0.0919. The minimum atomic E-state index is -0.458. The van der Waals surface area contributed by atoms with Crippen molar-refractivity contribution in [3.63, 3.8) is 0 Å². The second-order valence-corrected chi connectivity index (χ2v) is 7.10. The molecule has 0 radical (unpaired) electrons. The van der Waals surface area contributed by atoms with Crippen molar-refractivity contribution in [3.8, 4) is 0 Å². The molecule has 2 aromatic rings. The lowest BCUT2D eigenvalue weighted by atomic mass is 9.88. The van der Waals surface area contributed by atoms with Gasteiger partial charge in [-0.2, -0.15) is 0 Å². The van der Waals surface area contributed by atoms with E-state index in [1.54, 1.807) is 6.07 Å². The number of pyridine rings is 1. The molecular formula is C19H20FN7O2. The van der Waals surface area contributed by atoms with Gasteiger partial charge in [-0.15, -0.1) is 10.2 Å². The normalized spacial score (nSPS) is 24.3. The predicted molar refractivity (Wildman–Crippen MR) is 104 cm³/mol. The fourth-order valence-corrected chi connectivity index (χ4v) is 4.02. The number of fused-ring (bicyclic) bond motifs is 2. The topological polar surface area (TPSA) is 135 Å². The molecule has 0 spiro atoms. The largest absolute Gasteiger partial charge is 0.379 e. The monoisotopic (exact) mass is 397 g/mol. The number of carbonyl (C=O) groups is 2. The molecule has 0 aromatic carbocycles. The number of halogens is 1. The van der Waals surface area contributed by atoms with E-state index < -0.39 is 11.7 Å². The van der Waals surface area contributed by atoms with Gasteiger partial charge in [-0.25, -0.2) is 9.37 Å². The number of nitrogens with two attached hydrogens (primary N) is 1. The van der Waals surface area contributed by atoms with Crippen LogP contribution in [-0.2, 0) is 4.79 Å². The van der Waals surface area contributed by atoms with Gasteiger partial charge >= 0.3 is 0 Å². The Bertz CT molecular complexity index is 979. The SMILES string of the molecule is CNC(=O)c1nnc(Nc2ccc(F)cn2)cc1NC1C2C=CC(C2)C1C(N)=O. The molecule has 2 aromatic heterocycles. The number of nitrogens with one attached hydrogen (secondary N) is 3. The summed E-state index contributed by atoms with van der Waals surface area (Å²) in [5, 5.41) is 16.8. The minimum Gasteiger partial charge on any atom is -0.379 e. The number of amides is 2. The molecule has 1 saturated carbocycles. The summed E-state index contributed by atoms with van der Waals surface area (Å²) < 4.78 is 13.1. The van der Waals surface area contributed by atoms with Crippen LogP contribution in [0.15, 0.2) is 36.5 Å². The highest BCUT2D eigenvalue weighted by Gasteiger charge is 2.47. The van der Waals surface area contributed by atoms with Gasteiger partial charge < -0.3 is 21.7 Å². The summed E-state index contributed by atoms with van der Waals surface area (Å²) in [5.41, 5.74) is 6.14. The van der Waals surface area contributed by atoms with Crippen molar-refractivity contribution in [1.82, 2.24) is 20.5 Å². The Morgan fingerprint density at radius 1 is 1.17 bits per heavy atom. The van der Waals surface area contributed by atoms with E-state index in [1.165, 1.54) is 19.2 Å². The van der Waals surface area contributed by atoms with Crippen molar-refractivity contribution in [2.45, 2.75) is 12.5 Å². The molecule has 29 heavy (non-hydrogen) atoms. The van der Waals surface area contributed by atoms with Gasteiger partial charge in [0.1, 0.15) is 11.6 Å². The Kier molecular flexibility index (Phi) is 4.83. The average molecular weight is 397 g/mol. The lowest BCUT2D eigenvalue weighted by Gasteiger charge is -2.28. The number of primary amides is 1. The molecule has 4 rings (SSSR count). The molecule has 2 aliphatic rings. The molecule has 0 aliphatic heterocycles. The van der Waals surface area contributed by atoms with Gasteiger partial charge in [0.15, 0.2) is 11.5 Å². The van der Waals surface area contributed by atoms with Crippen molar-refractivity contribution in [2.24, 2.45) is 23.5 Å². The molecule has 2 amide bonds. The Morgan fingerprint density at radius 3 is 2.66 bits per heavy atom. The first-order valence-corrected chi connectivity index (χ1v) is 9.19. The number of carbonyl (C=O) groups excluding carboxylic acids is 2. The van der Waals surface area contributed by atoms with Crippen LogP contribution < -0.4 is 21.7 Å². The van der Waals surface area contributed by atoms with Gasteiger partial charge in [0.2, 0.25) is 5.91 Å². The molecule has 150 valence electrons. The number of allylic oxidation sites excluding steroid dienone is 1. The summed E-state index contributed by atoms with van der Waals surface area (Å²) in [6, 6.07) is 4.09. The number of anilines is 3. The molecule has 0 saturated heterocycles. The van der Waals surface area contributed by atoms with Gasteiger partial charge in [0.05, 0.1) is 17.8 Å². The standard InChI is InChI=1S/C19H20FN7O2/c1-22-19(29)17-12(24-16-10-3-2-9(6-10)15(16)18(21)28)7-14(26-27-17)25-13-5-4-11(20)8-23-13/h2-5,7-10,15-16H,6H2,1H3,(H2,21,28)(H,22,29)(H2,23,24,25,26). The quantitative estimate of drug-likeness (QED) is 0.538. The van der Waals surface area contributed by atoms with Crippen molar-refractivity contribution in [2.75, 3.05) is 17.7 Å². The van der Waals surface area contributed by atoms with Crippen LogP contribution in [-0.4, -0.2) is 40.1 Å². The van der Waals surface area contributed by atoms with Gasteiger partial charge in [0.25, 0.3) is 5.91 Å². The molecule has 4 atom stereocenters. The van der Waals surface area contributed by atoms with E-state index in [2.05, 4.69) is 37.2 Å². The van der Waals surface area contributed by atoms with Gasteiger partial charge in [-0.05, 0) is 30.4 Å². The smallest absolute Gasteiger partial charge is 0.273 e. The van der Waals surface area contributed by atoms with Crippen LogP contribution in [0.25, 0.3) is 0 Å². The fraction of sp³-hybridized carbons (Fsp3) is 0.316. The molecule has 10 heteroatoms. The highest BCUT2D eigenvalue weighted by Crippen LogP contribution is 2.45. The maximum Gasteiger partial charge on any atom is 0.273 e. The molecular weight excluding hydrogens is 377 g/mol. The molecule has 2 aliphatic carbocycles. The molecule has 2 bridgehead atoms. The van der Waals surface area contributed by atoms with Gasteiger partial charge in [-0.3, -0.25) is 9.59 Å². The molecule has 1 fully saturated rings.